The second-order valence-electron chi connectivity index (χ2n) is 4.28. The molecule has 0 radical (unpaired) electrons. The number of carboxylic acid groups (broad SMARTS) is 2. The number of hydrogen-bond donors (Lipinski definition) is 3. The lowest BCUT2D eigenvalue weighted by molar-refractivity contribution is -0.140. The summed E-state index contributed by atoms with van der Waals surface area (Å²) in [5.41, 5.74) is 0. The van der Waals surface area contributed by atoms with Crippen LogP contribution >= 0.6 is 7.37 Å². The van der Waals surface area contributed by atoms with Crippen molar-refractivity contribution in [2.24, 2.45) is 5.92 Å². The molecule has 0 saturated heterocycles. The summed E-state index contributed by atoms with van der Waals surface area (Å²) >= 11 is 0. The summed E-state index contributed by atoms with van der Waals surface area (Å²) in [7, 11) is -3.74. The molecule has 0 aliphatic carbocycles. The molecule has 0 spiro atoms. The van der Waals surface area contributed by atoms with Gasteiger partial charge in [0.05, 0.1) is 0 Å². The summed E-state index contributed by atoms with van der Waals surface area (Å²) in [5, 5.41) is 17.6. The Kier molecular flexibility index (Phi) is 5.27. The Morgan fingerprint density at radius 3 is 1.95 bits per heavy atom. The molecule has 1 rings (SSSR count). The van der Waals surface area contributed by atoms with E-state index in [1.807, 2.05) is 0 Å². The first-order valence-corrected chi connectivity index (χ1v) is 7.47. The molecule has 1 aromatic carbocycles. The monoisotopic (exact) mass is 286 g/mol. The summed E-state index contributed by atoms with van der Waals surface area (Å²) < 4.78 is 12.2. The minimum atomic E-state index is -3.74. The second-order valence-corrected chi connectivity index (χ2v) is 6.57. The van der Waals surface area contributed by atoms with E-state index in [-0.39, 0.29) is 11.5 Å². The van der Waals surface area contributed by atoms with Crippen molar-refractivity contribution in [3.63, 3.8) is 0 Å². The molecule has 0 aliphatic heterocycles. The van der Waals surface area contributed by atoms with Crippen molar-refractivity contribution in [1.82, 2.24) is 0 Å². The second kappa shape index (κ2) is 6.50. The Hall–Kier alpha value is -1.65. The van der Waals surface area contributed by atoms with Crippen molar-refractivity contribution in [2.75, 3.05) is 6.16 Å². The standard InChI is InChI=1S/C12H15O6P/c13-11(14)6-9(7-12(15)16)8-19(17,18)10-4-2-1-3-5-10/h1-5,9H,6-8H2,(H,13,14)(H,15,16)(H,17,18). The van der Waals surface area contributed by atoms with E-state index in [0.717, 1.165) is 0 Å². The molecular formula is C12H15O6P. The van der Waals surface area contributed by atoms with Crippen molar-refractivity contribution < 1.29 is 29.3 Å². The Morgan fingerprint density at radius 1 is 1.05 bits per heavy atom. The van der Waals surface area contributed by atoms with Crippen LogP contribution in [0.2, 0.25) is 0 Å². The van der Waals surface area contributed by atoms with Gasteiger partial charge in [0.1, 0.15) is 0 Å². The Labute approximate surface area is 110 Å². The van der Waals surface area contributed by atoms with E-state index < -0.39 is 38.1 Å². The van der Waals surface area contributed by atoms with Gasteiger partial charge in [0, 0.05) is 24.3 Å². The Morgan fingerprint density at radius 2 is 1.53 bits per heavy atom. The summed E-state index contributed by atoms with van der Waals surface area (Å²) in [5.74, 6) is -3.23. The summed E-state index contributed by atoms with van der Waals surface area (Å²) in [6, 6.07) is 7.83. The van der Waals surface area contributed by atoms with E-state index in [4.69, 9.17) is 10.2 Å². The lowest BCUT2D eigenvalue weighted by Crippen LogP contribution is -2.19. The highest BCUT2D eigenvalue weighted by molar-refractivity contribution is 7.66. The van der Waals surface area contributed by atoms with E-state index in [0.29, 0.717) is 0 Å². The minimum absolute atomic E-state index is 0.204. The predicted molar refractivity (Wildman–Crippen MR) is 68.8 cm³/mol. The van der Waals surface area contributed by atoms with E-state index in [1.165, 1.54) is 12.1 Å². The maximum absolute atomic E-state index is 12.2. The molecule has 1 unspecified atom stereocenters. The van der Waals surface area contributed by atoms with Gasteiger partial charge in [0.2, 0.25) is 7.37 Å². The van der Waals surface area contributed by atoms with Crippen LogP contribution < -0.4 is 5.30 Å². The SMILES string of the molecule is O=C(O)CC(CC(=O)O)CP(=O)(O)c1ccccc1. The molecule has 19 heavy (non-hydrogen) atoms. The zero-order valence-corrected chi connectivity index (χ0v) is 11.0. The molecule has 1 aromatic rings. The van der Waals surface area contributed by atoms with Crippen LogP contribution in [0.25, 0.3) is 0 Å². The molecule has 0 saturated carbocycles. The van der Waals surface area contributed by atoms with Crippen LogP contribution in [0, 0.1) is 5.92 Å². The summed E-state index contributed by atoms with van der Waals surface area (Å²) in [4.78, 5) is 31.3. The van der Waals surface area contributed by atoms with Gasteiger partial charge in [-0.25, -0.2) is 0 Å². The molecule has 3 N–H and O–H groups in total. The molecule has 0 bridgehead atoms. The van der Waals surface area contributed by atoms with Gasteiger partial charge in [-0.05, 0) is 18.1 Å². The van der Waals surface area contributed by atoms with Crippen molar-refractivity contribution in [2.45, 2.75) is 12.8 Å². The van der Waals surface area contributed by atoms with Crippen molar-refractivity contribution >= 4 is 24.6 Å². The van der Waals surface area contributed by atoms with Crippen molar-refractivity contribution in [3.8, 4) is 0 Å². The van der Waals surface area contributed by atoms with Crippen LogP contribution in [0.3, 0.4) is 0 Å². The molecule has 1 atom stereocenters. The third-order valence-electron chi connectivity index (χ3n) is 2.59. The van der Waals surface area contributed by atoms with Crippen molar-refractivity contribution in [3.05, 3.63) is 30.3 Å². The van der Waals surface area contributed by atoms with E-state index in [9.17, 15) is 19.0 Å². The maximum Gasteiger partial charge on any atom is 0.303 e. The fourth-order valence-corrected chi connectivity index (χ4v) is 3.62. The van der Waals surface area contributed by atoms with Gasteiger partial charge in [-0.3, -0.25) is 14.2 Å². The summed E-state index contributed by atoms with van der Waals surface area (Å²) in [6.07, 6.45) is -1.23. The van der Waals surface area contributed by atoms with E-state index >= 15 is 0 Å². The van der Waals surface area contributed by atoms with E-state index in [1.54, 1.807) is 18.2 Å². The molecule has 0 fully saturated rings. The highest BCUT2D eigenvalue weighted by Gasteiger charge is 2.28. The number of rotatable bonds is 7. The van der Waals surface area contributed by atoms with Gasteiger partial charge in [-0.2, -0.15) is 0 Å². The maximum atomic E-state index is 12.2. The predicted octanol–water partition coefficient (Wildman–Crippen LogP) is 1.15. The van der Waals surface area contributed by atoms with Gasteiger partial charge in [0.25, 0.3) is 0 Å². The highest BCUT2D eigenvalue weighted by atomic mass is 31.2. The van der Waals surface area contributed by atoms with Crippen LogP contribution in [0.4, 0.5) is 0 Å². The molecule has 6 nitrogen and oxygen atoms in total. The van der Waals surface area contributed by atoms with Gasteiger partial charge >= 0.3 is 11.9 Å². The third kappa shape index (κ3) is 5.24. The molecule has 0 heterocycles. The van der Waals surface area contributed by atoms with Gasteiger partial charge in [0.15, 0.2) is 0 Å². The van der Waals surface area contributed by atoms with Gasteiger partial charge in [-0.1, -0.05) is 18.2 Å². The molecule has 7 heteroatoms. The first-order chi connectivity index (χ1) is 8.81. The number of carbonyl (C=O) groups is 2. The normalized spacial score (nSPS) is 14.0. The van der Waals surface area contributed by atoms with Crippen LogP contribution in [0.5, 0.6) is 0 Å². The first kappa shape index (κ1) is 15.4. The minimum Gasteiger partial charge on any atom is -0.481 e. The van der Waals surface area contributed by atoms with Gasteiger partial charge < -0.3 is 15.1 Å². The highest BCUT2D eigenvalue weighted by Crippen LogP contribution is 2.42. The third-order valence-corrected chi connectivity index (χ3v) is 4.71. The lowest BCUT2D eigenvalue weighted by atomic mass is 10.0. The fraction of sp³-hybridized carbons (Fsp3) is 0.333. The van der Waals surface area contributed by atoms with Crippen LogP contribution in [0.1, 0.15) is 12.8 Å². The molecule has 0 aromatic heterocycles. The number of benzene rings is 1. The topological polar surface area (TPSA) is 112 Å². The molecular weight excluding hydrogens is 271 g/mol. The number of aliphatic carboxylic acids is 2. The van der Waals surface area contributed by atoms with E-state index in [2.05, 4.69) is 0 Å². The molecule has 0 aliphatic rings. The average molecular weight is 286 g/mol. The Balaban J connectivity index is 2.85. The molecule has 104 valence electrons. The first-order valence-electron chi connectivity index (χ1n) is 5.62. The quantitative estimate of drug-likeness (QED) is 0.648. The Bertz CT molecular complexity index is 482. The average Bonchev–Trinajstić information content (AvgIpc) is 2.27. The van der Waals surface area contributed by atoms with Crippen molar-refractivity contribution in [1.29, 1.82) is 0 Å². The fourth-order valence-electron chi connectivity index (χ4n) is 1.81. The smallest absolute Gasteiger partial charge is 0.303 e. The lowest BCUT2D eigenvalue weighted by Gasteiger charge is -2.17. The number of carboxylic acids is 2. The zero-order chi connectivity index (χ0) is 14.5. The van der Waals surface area contributed by atoms with Gasteiger partial charge in [-0.15, -0.1) is 0 Å². The number of hydrogen-bond acceptors (Lipinski definition) is 3. The largest absolute Gasteiger partial charge is 0.481 e. The zero-order valence-electron chi connectivity index (χ0n) is 10.1. The summed E-state index contributed by atoms with van der Waals surface area (Å²) in [6.45, 7) is 0. The van der Waals surface area contributed by atoms with Crippen LogP contribution in [0.15, 0.2) is 30.3 Å². The molecule has 0 amide bonds. The van der Waals surface area contributed by atoms with Crippen LogP contribution in [-0.4, -0.2) is 33.2 Å². The van der Waals surface area contributed by atoms with Crippen LogP contribution in [-0.2, 0) is 14.2 Å².